The largest absolute Gasteiger partial charge is 0.493 e. The summed E-state index contributed by atoms with van der Waals surface area (Å²) in [5.74, 6) is 1.45. The van der Waals surface area contributed by atoms with Crippen LogP contribution in [0.3, 0.4) is 0 Å². The second-order valence-electron chi connectivity index (χ2n) is 5.92. The van der Waals surface area contributed by atoms with Gasteiger partial charge in [-0.2, -0.15) is 0 Å². The van der Waals surface area contributed by atoms with E-state index in [9.17, 15) is 4.79 Å². The summed E-state index contributed by atoms with van der Waals surface area (Å²) in [6.45, 7) is 5.69. The van der Waals surface area contributed by atoms with Gasteiger partial charge in [0.15, 0.2) is 0 Å². The first-order valence-electron chi connectivity index (χ1n) is 8.15. The van der Waals surface area contributed by atoms with E-state index in [4.69, 9.17) is 4.74 Å². The molecule has 0 spiro atoms. The fraction of sp³-hybridized carbons (Fsp3) is 0.368. The fourth-order valence-corrected chi connectivity index (χ4v) is 2.35. The Kier molecular flexibility index (Phi) is 6.75. The standard InChI is InChI=1S/C19H25N3O2/c1-15-8-4-5-10-17(15)24-13-7-12-22(3)14-19(23)21-18-11-6-9-16(2)20-18/h4-6,8-11H,7,12-14H2,1-3H3,(H,20,21,23). The number of nitrogens with zero attached hydrogens (tertiary/aromatic N) is 2. The highest BCUT2D eigenvalue weighted by molar-refractivity contribution is 5.91. The third-order valence-corrected chi connectivity index (χ3v) is 3.60. The van der Waals surface area contributed by atoms with Gasteiger partial charge in [-0.1, -0.05) is 24.3 Å². The zero-order valence-corrected chi connectivity index (χ0v) is 14.6. The number of aryl methyl sites for hydroxylation is 2. The van der Waals surface area contributed by atoms with Crippen LogP contribution in [0.2, 0.25) is 0 Å². The van der Waals surface area contributed by atoms with Crippen LogP contribution in [0.15, 0.2) is 42.5 Å². The lowest BCUT2D eigenvalue weighted by Gasteiger charge is -2.16. The van der Waals surface area contributed by atoms with Crippen LogP contribution in [-0.2, 0) is 4.79 Å². The molecular weight excluding hydrogens is 302 g/mol. The predicted molar refractivity (Wildman–Crippen MR) is 96.4 cm³/mol. The summed E-state index contributed by atoms with van der Waals surface area (Å²) in [5, 5.41) is 2.81. The lowest BCUT2D eigenvalue weighted by atomic mass is 10.2. The number of likely N-dealkylation sites (N-methyl/N-ethyl adjacent to an activating group) is 1. The van der Waals surface area contributed by atoms with Gasteiger partial charge in [-0.05, 0) is 51.1 Å². The molecule has 0 bridgehead atoms. The van der Waals surface area contributed by atoms with Crippen molar-refractivity contribution in [3.8, 4) is 5.75 Å². The maximum Gasteiger partial charge on any atom is 0.239 e. The Morgan fingerprint density at radius 3 is 2.71 bits per heavy atom. The number of carbonyl (C=O) groups excluding carboxylic acids is 1. The van der Waals surface area contributed by atoms with Crippen LogP contribution in [0.25, 0.3) is 0 Å². The molecule has 0 saturated heterocycles. The molecule has 0 unspecified atom stereocenters. The Morgan fingerprint density at radius 1 is 1.17 bits per heavy atom. The van der Waals surface area contributed by atoms with Crippen LogP contribution >= 0.6 is 0 Å². The molecule has 0 aliphatic heterocycles. The van der Waals surface area contributed by atoms with Crippen LogP contribution in [-0.4, -0.2) is 42.5 Å². The van der Waals surface area contributed by atoms with Crippen LogP contribution < -0.4 is 10.1 Å². The Balaban J connectivity index is 1.66. The molecule has 1 heterocycles. The van der Waals surface area contributed by atoms with E-state index in [-0.39, 0.29) is 5.91 Å². The van der Waals surface area contributed by atoms with Crippen LogP contribution in [0.5, 0.6) is 5.75 Å². The summed E-state index contributed by atoms with van der Waals surface area (Å²) in [6, 6.07) is 13.5. The maximum atomic E-state index is 12.0. The molecule has 1 aromatic carbocycles. The van der Waals surface area contributed by atoms with Gasteiger partial charge in [-0.3, -0.25) is 9.69 Å². The molecule has 0 aliphatic rings. The van der Waals surface area contributed by atoms with Crippen molar-refractivity contribution in [2.24, 2.45) is 0 Å². The van der Waals surface area contributed by atoms with Gasteiger partial charge in [-0.15, -0.1) is 0 Å². The number of anilines is 1. The van der Waals surface area contributed by atoms with Crippen molar-refractivity contribution in [2.45, 2.75) is 20.3 Å². The molecule has 0 atom stereocenters. The molecule has 0 fully saturated rings. The third-order valence-electron chi connectivity index (χ3n) is 3.60. The average molecular weight is 327 g/mol. The van der Waals surface area contributed by atoms with Crippen LogP contribution in [0, 0.1) is 13.8 Å². The van der Waals surface area contributed by atoms with Gasteiger partial charge in [0, 0.05) is 12.2 Å². The van der Waals surface area contributed by atoms with Crippen LogP contribution in [0.1, 0.15) is 17.7 Å². The Hall–Kier alpha value is -2.40. The zero-order valence-electron chi connectivity index (χ0n) is 14.6. The summed E-state index contributed by atoms with van der Waals surface area (Å²) < 4.78 is 5.76. The second-order valence-corrected chi connectivity index (χ2v) is 5.92. The number of hydrogen-bond donors (Lipinski definition) is 1. The number of benzene rings is 1. The molecule has 5 heteroatoms. The summed E-state index contributed by atoms with van der Waals surface area (Å²) in [6.07, 6.45) is 0.862. The zero-order chi connectivity index (χ0) is 17.4. The van der Waals surface area contributed by atoms with E-state index in [0.717, 1.165) is 30.0 Å². The minimum absolute atomic E-state index is 0.0598. The first-order valence-corrected chi connectivity index (χ1v) is 8.15. The number of aromatic nitrogens is 1. The monoisotopic (exact) mass is 327 g/mol. The number of para-hydroxylation sites is 1. The van der Waals surface area contributed by atoms with Gasteiger partial charge in [0.2, 0.25) is 5.91 Å². The van der Waals surface area contributed by atoms with Crippen molar-refractivity contribution < 1.29 is 9.53 Å². The van der Waals surface area contributed by atoms with Crippen molar-refractivity contribution in [1.29, 1.82) is 0 Å². The SMILES string of the molecule is Cc1cccc(NC(=O)CN(C)CCCOc2ccccc2C)n1. The Bertz CT molecular complexity index is 673. The van der Waals surface area contributed by atoms with E-state index in [2.05, 4.69) is 10.3 Å². The molecule has 1 amide bonds. The first-order chi connectivity index (χ1) is 11.5. The van der Waals surface area contributed by atoms with E-state index in [1.807, 2.05) is 62.2 Å². The average Bonchev–Trinajstić information content (AvgIpc) is 2.53. The van der Waals surface area contributed by atoms with Gasteiger partial charge >= 0.3 is 0 Å². The third kappa shape index (κ3) is 6.01. The highest BCUT2D eigenvalue weighted by atomic mass is 16.5. The van der Waals surface area contributed by atoms with Crippen molar-refractivity contribution >= 4 is 11.7 Å². The minimum Gasteiger partial charge on any atom is -0.493 e. The van der Waals surface area contributed by atoms with Gasteiger partial charge < -0.3 is 10.1 Å². The van der Waals surface area contributed by atoms with E-state index in [1.165, 1.54) is 0 Å². The molecule has 0 aliphatic carbocycles. The predicted octanol–water partition coefficient (Wildman–Crippen LogP) is 3.04. The van der Waals surface area contributed by atoms with Gasteiger partial charge in [0.1, 0.15) is 11.6 Å². The van der Waals surface area contributed by atoms with Crippen molar-refractivity contribution in [2.75, 3.05) is 32.1 Å². The normalized spacial score (nSPS) is 10.7. The Morgan fingerprint density at radius 2 is 1.96 bits per heavy atom. The lowest BCUT2D eigenvalue weighted by molar-refractivity contribution is -0.117. The maximum absolute atomic E-state index is 12.0. The molecule has 2 aromatic rings. The highest BCUT2D eigenvalue weighted by Gasteiger charge is 2.08. The van der Waals surface area contributed by atoms with Crippen molar-refractivity contribution in [3.05, 3.63) is 53.7 Å². The summed E-state index contributed by atoms with van der Waals surface area (Å²) in [4.78, 5) is 18.3. The van der Waals surface area contributed by atoms with E-state index in [1.54, 1.807) is 6.07 Å². The number of hydrogen-bond acceptors (Lipinski definition) is 4. The summed E-state index contributed by atoms with van der Waals surface area (Å²) >= 11 is 0. The smallest absolute Gasteiger partial charge is 0.239 e. The summed E-state index contributed by atoms with van der Waals surface area (Å²) in [7, 11) is 1.93. The van der Waals surface area contributed by atoms with Crippen molar-refractivity contribution in [1.82, 2.24) is 9.88 Å². The van der Waals surface area contributed by atoms with Crippen molar-refractivity contribution in [3.63, 3.8) is 0 Å². The molecular formula is C19H25N3O2. The molecule has 0 saturated carbocycles. The van der Waals surface area contributed by atoms with E-state index >= 15 is 0 Å². The van der Waals surface area contributed by atoms with Crippen LogP contribution in [0.4, 0.5) is 5.82 Å². The molecule has 0 radical (unpaired) electrons. The molecule has 24 heavy (non-hydrogen) atoms. The van der Waals surface area contributed by atoms with Gasteiger partial charge in [-0.25, -0.2) is 4.98 Å². The topological polar surface area (TPSA) is 54.5 Å². The molecule has 1 N–H and O–H groups in total. The van der Waals surface area contributed by atoms with E-state index < -0.39 is 0 Å². The number of rotatable bonds is 8. The molecule has 1 aromatic heterocycles. The molecule has 128 valence electrons. The molecule has 5 nitrogen and oxygen atoms in total. The number of amides is 1. The first kappa shape index (κ1) is 17.9. The van der Waals surface area contributed by atoms with Gasteiger partial charge in [0.25, 0.3) is 0 Å². The van der Waals surface area contributed by atoms with E-state index in [0.29, 0.717) is 19.0 Å². The number of nitrogens with one attached hydrogen (secondary N) is 1. The summed E-state index contributed by atoms with van der Waals surface area (Å²) in [5.41, 5.74) is 2.02. The highest BCUT2D eigenvalue weighted by Crippen LogP contribution is 2.16. The van der Waals surface area contributed by atoms with Gasteiger partial charge in [0.05, 0.1) is 13.2 Å². The number of carbonyl (C=O) groups is 1. The second kappa shape index (κ2) is 9.03. The number of pyridine rings is 1. The molecule has 2 rings (SSSR count). The fourth-order valence-electron chi connectivity index (χ4n) is 2.35. The number of ether oxygens (including phenoxy) is 1. The quantitative estimate of drug-likeness (QED) is 0.757. The Labute approximate surface area is 143 Å². The lowest BCUT2D eigenvalue weighted by Crippen LogP contribution is -2.31. The minimum atomic E-state index is -0.0598.